The molecule has 1 saturated carbocycles. The number of nitrogens with one attached hydrogen (secondary N) is 1. The van der Waals surface area contributed by atoms with Crippen molar-refractivity contribution in [1.29, 1.82) is 0 Å². The van der Waals surface area contributed by atoms with Crippen molar-refractivity contribution in [3.05, 3.63) is 48.7 Å². The highest BCUT2D eigenvalue weighted by Gasteiger charge is 2.50. The molecule has 3 aromatic rings. The van der Waals surface area contributed by atoms with E-state index in [1.54, 1.807) is 36.4 Å². The lowest BCUT2D eigenvalue weighted by molar-refractivity contribution is 0.220. The number of aromatic nitrogens is 3. The van der Waals surface area contributed by atoms with Crippen molar-refractivity contribution in [2.75, 3.05) is 25.5 Å². The number of aromatic hydroxyl groups is 1. The average Bonchev–Trinajstić information content (AvgIpc) is 3.39. The molecule has 0 radical (unpaired) electrons. The number of halogens is 1. The van der Waals surface area contributed by atoms with E-state index in [0.29, 0.717) is 28.2 Å². The van der Waals surface area contributed by atoms with Gasteiger partial charge in [-0.3, -0.25) is 0 Å². The molecule has 2 bridgehead atoms. The van der Waals surface area contributed by atoms with Gasteiger partial charge in [0.15, 0.2) is 5.82 Å². The van der Waals surface area contributed by atoms with Gasteiger partial charge in [-0.25, -0.2) is 9.37 Å². The summed E-state index contributed by atoms with van der Waals surface area (Å²) in [7, 11) is -0.761. The van der Waals surface area contributed by atoms with Gasteiger partial charge in [-0.1, -0.05) is 6.07 Å². The van der Waals surface area contributed by atoms with Crippen LogP contribution in [0.15, 0.2) is 48.7 Å². The van der Waals surface area contributed by atoms with Crippen LogP contribution < -0.4 is 15.0 Å². The fraction of sp³-hybridized carbons (Fsp3) is 0.348. The molecule has 7 nitrogen and oxygen atoms in total. The molecule has 2 N–H and O–H groups in total. The third-order valence-corrected chi connectivity index (χ3v) is 6.30. The van der Waals surface area contributed by atoms with Crippen molar-refractivity contribution in [2.24, 2.45) is 5.92 Å². The summed E-state index contributed by atoms with van der Waals surface area (Å²) in [6.07, 6.45) is 1.33. The average molecular weight is 424 g/mol. The number of pyridine rings is 1. The second kappa shape index (κ2) is 7.77. The van der Waals surface area contributed by atoms with Crippen LogP contribution in [0.4, 0.5) is 10.2 Å². The van der Waals surface area contributed by atoms with E-state index in [1.807, 2.05) is 11.9 Å². The molecule has 8 heteroatoms. The maximum Gasteiger partial charge on any atom is 0.213 e. The highest BCUT2D eigenvalue weighted by molar-refractivity contribution is 5.74. The summed E-state index contributed by atoms with van der Waals surface area (Å²) in [6.45, 7) is 0.813. The van der Waals surface area contributed by atoms with E-state index < -0.39 is 13.2 Å². The van der Waals surface area contributed by atoms with Gasteiger partial charge in [0.05, 0.1) is 22.9 Å². The number of anilines is 1. The Morgan fingerprint density at radius 1 is 1.19 bits per heavy atom. The third-order valence-electron chi connectivity index (χ3n) is 6.30. The largest absolute Gasteiger partial charge is 0.507 e. The Labute approximate surface area is 184 Å². The Bertz CT molecular complexity index is 1190. The minimum absolute atomic E-state index is 0.00833. The third kappa shape index (κ3) is 3.46. The van der Waals surface area contributed by atoms with Crippen LogP contribution in [0.25, 0.3) is 22.4 Å². The Morgan fingerprint density at radius 2 is 2.06 bits per heavy atom. The van der Waals surface area contributed by atoms with Crippen LogP contribution in [0.5, 0.6) is 11.6 Å². The van der Waals surface area contributed by atoms with Crippen molar-refractivity contribution in [3.63, 3.8) is 0 Å². The van der Waals surface area contributed by atoms with Gasteiger partial charge in [0.25, 0.3) is 0 Å². The number of methoxy groups -OCH3 is 1. The number of rotatable bonds is 5. The van der Waals surface area contributed by atoms with Crippen LogP contribution in [-0.4, -0.2) is 59.2 Å². The fourth-order valence-electron chi connectivity index (χ4n) is 4.71. The molecule has 1 aliphatic heterocycles. The number of ether oxygens (including phenoxy) is 1. The number of benzene rings is 1. The quantitative estimate of drug-likeness (QED) is 0.651. The highest BCUT2D eigenvalue weighted by Crippen LogP contribution is 2.38. The number of alkyl halides is 1. The van der Waals surface area contributed by atoms with Gasteiger partial charge < -0.3 is 20.1 Å². The van der Waals surface area contributed by atoms with Crippen molar-refractivity contribution in [1.82, 2.24) is 20.5 Å². The van der Waals surface area contributed by atoms with Crippen LogP contribution in [0, 0.1) is 5.92 Å². The first-order valence-electron chi connectivity index (χ1n) is 11.6. The van der Waals surface area contributed by atoms with Gasteiger partial charge in [-0.05, 0) is 53.8 Å². The van der Waals surface area contributed by atoms with E-state index in [2.05, 4.69) is 20.5 Å². The van der Waals surface area contributed by atoms with E-state index >= 15 is 0 Å². The first-order chi connectivity index (χ1) is 16.2. The molecule has 1 saturated heterocycles. The summed E-state index contributed by atoms with van der Waals surface area (Å²) in [4.78, 5) is 5.77. The highest BCUT2D eigenvalue weighted by atomic mass is 19.1. The van der Waals surface area contributed by atoms with Gasteiger partial charge in [0.2, 0.25) is 5.88 Å². The zero-order valence-corrected chi connectivity index (χ0v) is 16.9. The second-order valence-corrected chi connectivity index (χ2v) is 8.05. The minimum atomic E-state index is -2.60. The Morgan fingerprint density at radius 3 is 2.77 bits per heavy atom. The molecule has 2 aromatic heterocycles. The SMILES string of the molecule is [2H]C([2H])([2H])Oc1cc(-c2ccc(-c3ccc(N(C)[C@@H]4C5CNC(C5)[C@@H]4F)nn3)c(O)c2)ccn1. The molecule has 160 valence electrons. The second-order valence-electron chi connectivity index (χ2n) is 8.05. The van der Waals surface area contributed by atoms with Crippen molar-refractivity contribution in [2.45, 2.75) is 24.7 Å². The number of hydrogen-bond donors (Lipinski definition) is 2. The van der Waals surface area contributed by atoms with Crippen LogP contribution >= 0.6 is 0 Å². The van der Waals surface area contributed by atoms with Crippen molar-refractivity contribution >= 4 is 5.82 Å². The smallest absolute Gasteiger partial charge is 0.213 e. The molecule has 2 unspecified atom stereocenters. The molecular formula is C23H24FN5O2. The zero-order valence-electron chi connectivity index (χ0n) is 19.9. The van der Waals surface area contributed by atoms with E-state index in [9.17, 15) is 9.50 Å². The number of phenolic OH excluding ortho intramolecular Hbond substituents is 1. The molecule has 2 aliphatic rings. The van der Waals surface area contributed by atoms with E-state index in [4.69, 9.17) is 8.85 Å². The summed E-state index contributed by atoms with van der Waals surface area (Å²) >= 11 is 0. The van der Waals surface area contributed by atoms with E-state index in [0.717, 1.165) is 13.0 Å². The van der Waals surface area contributed by atoms with Gasteiger partial charge in [-0.2, -0.15) is 0 Å². The normalized spacial score (nSPS) is 26.2. The maximum absolute atomic E-state index is 14.7. The van der Waals surface area contributed by atoms with E-state index in [-0.39, 0.29) is 29.6 Å². The summed E-state index contributed by atoms with van der Waals surface area (Å²) in [5.74, 6) is 0.792. The molecule has 0 spiro atoms. The molecule has 3 heterocycles. The topological polar surface area (TPSA) is 83.4 Å². The fourth-order valence-corrected chi connectivity index (χ4v) is 4.71. The number of fused-ring (bicyclic) bond motifs is 2. The summed E-state index contributed by atoms with van der Waals surface area (Å²) in [6, 6.07) is 11.5. The summed E-state index contributed by atoms with van der Waals surface area (Å²) < 4.78 is 41.2. The predicted octanol–water partition coefficient (Wildman–Crippen LogP) is 3.05. The first-order valence-corrected chi connectivity index (χ1v) is 10.1. The Balaban J connectivity index is 1.35. The monoisotopic (exact) mass is 424 g/mol. The summed E-state index contributed by atoms with van der Waals surface area (Å²) in [5.41, 5.74) is 2.27. The van der Waals surface area contributed by atoms with Gasteiger partial charge in [-0.15, -0.1) is 10.2 Å². The lowest BCUT2D eigenvalue weighted by Crippen LogP contribution is -2.51. The first kappa shape index (κ1) is 16.4. The van der Waals surface area contributed by atoms with Gasteiger partial charge in [0, 0.05) is 37.5 Å². The number of hydrogen-bond acceptors (Lipinski definition) is 7. The predicted molar refractivity (Wildman–Crippen MR) is 116 cm³/mol. The van der Waals surface area contributed by atoms with Crippen LogP contribution in [0.3, 0.4) is 0 Å². The molecule has 5 rings (SSSR count). The lowest BCUT2D eigenvalue weighted by Gasteiger charge is -2.34. The van der Waals surface area contributed by atoms with Crippen molar-refractivity contribution in [3.8, 4) is 34.0 Å². The van der Waals surface area contributed by atoms with Gasteiger partial charge >= 0.3 is 0 Å². The van der Waals surface area contributed by atoms with Crippen LogP contribution in [0.1, 0.15) is 10.5 Å². The van der Waals surface area contributed by atoms with Crippen molar-refractivity contribution < 1.29 is 18.3 Å². The minimum Gasteiger partial charge on any atom is -0.507 e. The molecule has 1 aliphatic carbocycles. The molecular weight excluding hydrogens is 397 g/mol. The van der Waals surface area contributed by atoms with Gasteiger partial charge in [0.1, 0.15) is 11.9 Å². The molecule has 2 fully saturated rings. The molecule has 31 heavy (non-hydrogen) atoms. The number of nitrogens with zero attached hydrogens (tertiary/aromatic N) is 4. The van der Waals surface area contributed by atoms with E-state index in [1.165, 1.54) is 12.3 Å². The Hall–Kier alpha value is -3.26. The molecule has 4 atom stereocenters. The van der Waals surface area contributed by atoms with Crippen LogP contribution in [-0.2, 0) is 0 Å². The zero-order chi connectivity index (χ0) is 24.0. The maximum atomic E-state index is 14.7. The summed E-state index contributed by atoms with van der Waals surface area (Å²) in [5, 5.41) is 22.4. The number of phenols is 1. The lowest BCUT2D eigenvalue weighted by atomic mass is 10.0. The Kier molecular flexibility index (Phi) is 4.12. The number of piperidine rings is 1. The molecule has 0 amide bonds. The standard InChI is InChI=1S/C23H24FN5O2/c1-29(23-15-9-18(22(23)24)26-12-15)20-6-5-17(27-28-20)16-4-3-13(10-19(16)30)14-7-8-25-21(11-14)31-2/h3-8,10-11,15,18,22-23,26,30H,9,12H2,1-2H3/t15?,18?,22-,23+/m0/s1/i2D3. The van der Waals surface area contributed by atoms with Crippen LogP contribution in [0.2, 0.25) is 0 Å². The molecule has 1 aromatic carbocycles.